The first-order chi connectivity index (χ1) is 15.5. The van der Waals surface area contributed by atoms with Crippen molar-refractivity contribution in [2.24, 2.45) is 0 Å². The normalized spacial score (nSPS) is 12.3. The van der Waals surface area contributed by atoms with Crippen molar-refractivity contribution < 1.29 is 18.9 Å². The van der Waals surface area contributed by atoms with E-state index in [1.165, 1.54) is 0 Å². The summed E-state index contributed by atoms with van der Waals surface area (Å²) < 4.78 is 5.27. The fourth-order valence-electron chi connectivity index (χ4n) is 3.91. The summed E-state index contributed by atoms with van der Waals surface area (Å²) in [5.41, 5.74) is 2.36. The predicted octanol–water partition coefficient (Wildman–Crippen LogP) is 5.33. The Morgan fingerprint density at radius 1 is 0.844 bits per heavy atom. The van der Waals surface area contributed by atoms with Gasteiger partial charge in [0.25, 0.3) is 5.91 Å². The summed E-state index contributed by atoms with van der Waals surface area (Å²) in [6.07, 6.45) is 0. The first-order valence-electron chi connectivity index (χ1n) is 9.81. The third-order valence-electron chi connectivity index (χ3n) is 5.42. The summed E-state index contributed by atoms with van der Waals surface area (Å²) in [5, 5.41) is 7.20. The predicted molar refractivity (Wildman–Crippen MR) is 119 cm³/mol. The zero-order chi connectivity index (χ0) is 22.4. The standard InChI is InChI=1S/C25H15ClN2O4/c1-13-20(22(28-32-13)16-9-4-5-11-18(16)26)25(31)27-19-12-6-10-17-21(19)24(30)15-8-3-2-7-14(15)23(17)29/h2-12H,1H3,(H,27,31). The number of carbonyl (C=O) groups excluding carboxylic acids is 3. The van der Waals surface area contributed by atoms with Gasteiger partial charge in [-0.1, -0.05) is 71.4 Å². The van der Waals surface area contributed by atoms with Crippen LogP contribution in [0.25, 0.3) is 11.3 Å². The van der Waals surface area contributed by atoms with Gasteiger partial charge in [-0.15, -0.1) is 0 Å². The van der Waals surface area contributed by atoms with Crippen molar-refractivity contribution in [2.45, 2.75) is 6.92 Å². The van der Waals surface area contributed by atoms with Gasteiger partial charge in [-0.25, -0.2) is 0 Å². The second-order valence-electron chi connectivity index (χ2n) is 7.33. The van der Waals surface area contributed by atoms with Crippen molar-refractivity contribution in [1.29, 1.82) is 0 Å². The van der Waals surface area contributed by atoms with Crippen molar-refractivity contribution in [2.75, 3.05) is 5.32 Å². The van der Waals surface area contributed by atoms with Gasteiger partial charge in [0, 0.05) is 22.3 Å². The fourth-order valence-corrected chi connectivity index (χ4v) is 4.14. The molecular formula is C25H15ClN2O4. The number of hydrogen-bond acceptors (Lipinski definition) is 5. The Hall–Kier alpha value is -4.03. The Labute approximate surface area is 187 Å². The van der Waals surface area contributed by atoms with Gasteiger partial charge in [0.05, 0.1) is 16.3 Å². The Morgan fingerprint density at radius 2 is 1.47 bits per heavy atom. The average molecular weight is 443 g/mol. The number of aromatic nitrogens is 1. The summed E-state index contributed by atoms with van der Waals surface area (Å²) in [4.78, 5) is 39.4. The lowest BCUT2D eigenvalue weighted by atomic mass is 9.83. The van der Waals surface area contributed by atoms with Crippen molar-refractivity contribution in [3.63, 3.8) is 0 Å². The zero-order valence-corrected chi connectivity index (χ0v) is 17.6. The highest BCUT2D eigenvalue weighted by molar-refractivity contribution is 6.33. The second kappa shape index (κ2) is 7.59. The maximum Gasteiger partial charge on any atom is 0.261 e. The summed E-state index contributed by atoms with van der Waals surface area (Å²) in [6, 6.07) is 18.4. The largest absolute Gasteiger partial charge is 0.360 e. The molecule has 0 radical (unpaired) electrons. The highest BCUT2D eigenvalue weighted by atomic mass is 35.5. The van der Waals surface area contributed by atoms with Gasteiger partial charge in [0.15, 0.2) is 11.6 Å². The first kappa shape index (κ1) is 19.9. The molecule has 1 amide bonds. The summed E-state index contributed by atoms with van der Waals surface area (Å²) in [5.74, 6) is -0.801. The molecular weight excluding hydrogens is 428 g/mol. The number of fused-ring (bicyclic) bond motifs is 2. The van der Waals surface area contributed by atoms with Gasteiger partial charge in [-0.2, -0.15) is 0 Å². The number of rotatable bonds is 3. The van der Waals surface area contributed by atoms with E-state index in [4.69, 9.17) is 16.1 Å². The summed E-state index contributed by atoms with van der Waals surface area (Å²) >= 11 is 6.29. The molecule has 7 heteroatoms. The van der Waals surface area contributed by atoms with Crippen LogP contribution >= 0.6 is 11.6 Å². The summed E-state index contributed by atoms with van der Waals surface area (Å²) in [6.45, 7) is 1.62. The molecule has 5 rings (SSSR count). The summed E-state index contributed by atoms with van der Waals surface area (Å²) in [7, 11) is 0. The van der Waals surface area contributed by atoms with Gasteiger partial charge in [-0.3, -0.25) is 14.4 Å². The van der Waals surface area contributed by atoms with E-state index in [-0.39, 0.29) is 33.9 Å². The van der Waals surface area contributed by atoms with E-state index in [0.717, 1.165) is 0 Å². The van der Waals surface area contributed by atoms with Gasteiger partial charge in [0.1, 0.15) is 17.0 Å². The lowest BCUT2D eigenvalue weighted by Crippen LogP contribution is -2.24. The van der Waals surface area contributed by atoms with Crippen LogP contribution in [0.2, 0.25) is 5.02 Å². The van der Waals surface area contributed by atoms with Crippen LogP contribution in [0.15, 0.2) is 71.3 Å². The minimum absolute atomic E-state index is 0.165. The molecule has 0 aliphatic heterocycles. The van der Waals surface area contributed by atoms with Gasteiger partial charge in [0.2, 0.25) is 0 Å². The zero-order valence-electron chi connectivity index (χ0n) is 16.8. The number of nitrogens with zero attached hydrogens (tertiary/aromatic N) is 1. The topological polar surface area (TPSA) is 89.3 Å². The minimum atomic E-state index is -0.522. The van der Waals surface area contributed by atoms with Crippen molar-refractivity contribution in [3.8, 4) is 11.3 Å². The molecule has 0 unspecified atom stereocenters. The Morgan fingerprint density at radius 3 is 2.19 bits per heavy atom. The SMILES string of the molecule is Cc1onc(-c2ccccc2Cl)c1C(=O)Nc1cccc2c1C(=O)c1ccccc1C2=O. The highest BCUT2D eigenvalue weighted by Crippen LogP contribution is 2.34. The van der Waals surface area contributed by atoms with Crippen LogP contribution < -0.4 is 5.32 Å². The monoisotopic (exact) mass is 442 g/mol. The van der Waals surface area contributed by atoms with E-state index in [1.54, 1.807) is 73.7 Å². The van der Waals surface area contributed by atoms with Crippen LogP contribution in [0.1, 0.15) is 48.0 Å². The van der Waals surface area contributed by atoms with Crippen LogP contribution in [-0.2, 0) is 0 Å². The molecule has 1 aliphatic carbocycles. The lowest BCUT2D eigenvalue weighted by Gasteiger charge is -2.20. The number of anilines is 1. The number of carbonyl (C=O) groups is 3. The van der Waals surface area contributed by atoms with E-state index in [9.17, 15) is 14.4 Å². The fraction of sp³-hybridized carbons (Fsp3) is 0.0400. The van der Waals surface area contributed by atoms with Crippen LogP contribution in [0.5, 0.6) is 0 Å². The van der Waals surface area contributed by atoms with Gasteiger partial charge >= 0.3 is 0 Å². The maximum absolute atomic E-state index is 13.3. The van der Waals surface area contributed by atoms with Crippen LogP contribution in [-0.4, -0.2) is 22.6 Å². The van der Waals surface area contributed by atoms with Crippen molar-refractivity contribution in [1.82, 2.24) is 5.16 Å². The number of benzene rings is 3. The second-order valence-corrected chi connectivity index (χ2v) is 7.74. The van der Waals surface area contributed by atoms with E-state index in [0.29, 0.717) is 33.2 Å². The number of nitrogens with one attached hydrogen (secondary N) is 1. The van der Waals surface area contributed by atoms with Gasteiger partial charge in [-0.05, 0) is 19.1 Å². The molecule has 0 bridgehead atoms. The highest BCUT2D eigenvalue weighted by Gasteiger charge is 2.32. The molecule has 1 aliphatic rings. The first-order valence-corrected chi connectivity index (χ1v) is 10.2. The Balaban J connectivity index is 1.57. The molecule has 0 atom stereocenters. The Kier molecular flexibility index (Phi) is 4.72. The third-order valence-corrected chi connectivity index (χ3v) is 5.75. The molecule has 0 saturated carbocycles. The van der Waals surface area contributed by atoms with Gasteiger partial charge < -0.3 is 9.84 Å². The average Bonchev–Trinajstić information content (AvgIpc) is 3.19. The number of ketones is 2. The third kappa shape index (κ3) is 3.04. The molecule has 0 fully saturated rings. The van der Waals surface area contributed by atoms with E-state index < -0.39 is 5.91 Å². The number of hydrogen-bond donors (Lipinski definition) is 1. The minimum Gasteiger partial charge on any atom is -0.360 e. The molecule has 1 N–H and O–H groups in total. The molecule has 0 spiro atoms. The van der Waals surface area contributed by atoms with Crippen LogP contribution in [0.3, 0.4) is 0 Å². The lowest BCUT2D eigenvalue weighted by molar-refractivity contribution is 0.0978. The molecule has 1 heterocycles. The molecule has 0 saturated heterocycles. The number of halogens is 1. The molecule has 3 aromatic carbocycles. The van der Waals surface area contributed by atoms with Crippen LogP contribution in [0.4, 0.5) is 5.69 Å². The number of aryl methyl sites for hydroxylation is 1. The van der Waals surface area contributed by atoms with Crippen molar-refractivity contribution in [3.05, 3.63) is 105 Å². The molecule has 156 valence electrons. The van der Waals surface area contributed by atoms with E-state index in [2.05, 4.69) is 10.5 Å². The van der Waals surface area contributed by atoms with E-state index >= 15 is 0 Å². The quantitative estimate of drug-likeness (QED) is 0.408. The molecule has 1 aromatic heterocycles. The molecule has 6 nitrogen and oxygen atoms in total. The molecule has 4 aromatic rings. The maximum atomic E-state index is 13.3. The molecule has 32 heavy (non-hydrogen) atoms. The Bertz CT molecular complexity index is 1440. The van der Waals surface area contributed by atoms with Crippen LogP contribution in [0, 0.1) is 6.92 Å². The smallest absolute Gasteiger partial charge is 0.261 e. The van der Waals surface area contributed by atoms with Crippen molar-refractivity contribution >= 4 is 34.8 Å². The number of amides is 1. The van der Waals surface area contributed by atoms with E-state index in [1.807, 2.05) is 0 Å².